The van der Waals surface area contributed by atoms with Crippen LogP contribution in [0.2, 0.25) is 0 Å². The zero-order valence-electron chi connectivity index (χ0n) is 11.9. The lowest BCUT2D eigenvalue weighted by atomic mass is 9.93. The lowest BCUT2D eigenvalue weighted by molar-refractivity contribution is -0.137. The van der Waals surface area contributed by atoms with Crippen LogP contribution < -0.4 is 11.3 Å². The summed E-state index contributed by atoms with van der Waals surface area (Å²) >= 11 is 0. The van der Waals surface area contributed by atoms with Crippen LogP contribution in [-0.4, -0.2) is 19.3 Å². The molecule has 0 radical (unpaired) electrons. The summed E-state index contributed by atoms with van der Waals surface area (Å²) in [5, 5.41) is 0. The molecule has 0 fully saturated rings. The molecule has 0 bridgehead atoms. The van der Waals surface area contributed by atoms with Crippen molar-refractivity contribution in [2.24, 2.45) is 11.8 Å². The summed E-state index contributed by atoms with van der Waals surface area (Å²) < 4.78 is 43.4. The fourth-order valence-electron chi connectivity index (χ4n) is 2.30. The summed E-state index contributed by atoms with van der Waals surface area (Å²) in [5.74, 6) is 5.71. The Morgan fingerprint density at radius 3 is 2.40 bits per heavy atom. The van der Waals surface area contributed by atoms with E-state index < -0.39 is 11.7 Å². The predicted octanol–water partition coefficient (Wildman–Crippen LogP) is 2.75. The minimum Gasteiger partial charge on any atom is -0.380 e. The summed E-state index contributed by atoms with van der Waals surface area (Å²) in [4.78, 5) is 0. The van der Waals surface area contributed by atoms with Crippen molar-refractivity contribution < 1.29 is 17.9 Å². The van der Waals surface area contributed by atoms with E-state index in [9.17, 15) is 13.2 Å². The molecule has 20 heavy (non-hydrogen) atoms. The molecule has 0 aromatic heterocycles. The number of hydrogen-bond donors (Lipinski definition) is 2. The zero-order chi connectivity index (χ0) is 15.3. The van der Waals surface area contributed by atoms with Crippen molar-refractivity contribution in [3.63, 3.8) is 0 Å². The third kappa shape index (κ3) is 4.47. The van der Waals surface area contributed by atoms with Crippen molar-refractivity contribution in [2.75, 3.05) is 7.11 Å². The average molecular weight is 290 g/mol. The highest BCUT2D eigenvalue weighted by atomic mass is 19.4. The number of hydrazine groups is 1. The highest BCUT2D eigenvalue weighted by molar-refractivity contribution is 5.26. The van der Waals surface area contributed by atoms with E-state index in [1.54, 1.807) is 13.2 Å². The van der Waals surface area contributed by atoms with Crippen LogP contribution in [0.4, 0.5) is 13.2 Å². The Labute approximate surface area is 117 Å². The van der Waals surface area contributed by atoms with Gasteiger partial charge in [-0.3, -0.25) is 11.3 Å². The molecular weight excluding hydrogens is 269 g/mol. The summed E-state index contributed by atoms with van der Waals surface area (Å²) in [7, 11) is 1.57. The van der Waals surface area contributed by atoms with Crippen molar-refractivity contribution in [3.05, 3.63) is 35.4 Å². The molecule has 0 spiro atoms. The van der Waals surface area contributed by atoms with E-state index in [4.69, 9.17) is 10.6 Å². The lowest BCUT2D eigenvalue weighted by Gasteiger charge is -2.28. The van der Waals surface area contributed by atoms with Gasteiger partial charge in [-0.15, -0.1) is 0 Å². The Morgan fingerprint density at radius 2 is 1.95 bits per heavy atom. The highest BCUT2D eigenvalue weighted by Crippen LogP contribution is 2.30. The predicted molar refractivity (Wildman–Crippen MR) is 71.9 cm³/mol. The molecule has 0 saturated heterocycles. The average Bonchev–Trinajstić information content (AvgIpc) is 2.37. The molecule has 0 saturated carbocycles. The lowest BCUT2D eigenvalue weighted by Crippen LogP contribution is -2.48. The Balaban J connectivity index is 2.90. The molecule has 0 aliphatic carbocycles. The first-order valence-electron chi connectivity index (χ1n) is 6.44. The summed E-state index contributed by atoms with van der Waals surface area (Å²) in [6.45, 7) is 3.95. The van der Waals surface area contributed by atoms with Gasteiger partial charge in [-0.25, -0.2) is 0 Å². The molecule has 1 aromatic carbocycles. The monoisotopic (exact) mass is 290 g/mol. The number of methoxy groups -OCH3 is 1. The molecule has 2 atom stereocenters. The first-order chi connectivity index (χ1) is 9.29. The summed E-state index contributed by atoms with van der Waals surface area (Å²) in [6, 6.07) is 5.03. The third-order valence-electron chi connectivity index (χ3n) is 3.25. The van der Waals surface area contributed by atoms with Crippen molar-refractivity contribution in [1.29, 1.82) is 0 Å². The first kappa shape index (κ1) is 16.9. The van der Waals surface area contributed by atoms with Crippen LogP contribution in [0, 0.1) is 5.92 Å². The molecule has 2 unspecified atom stereocenters. The van der Waals surface area contributed by atoms with E-state index in [1.807, 2.05) is 13.8 Å². The highest BCUT2D eigenvalue weighted by Gasteiger charge is 2.31. The molecular formula is C14H21F3N2O. The molecule has 1 rings (SSSR count). The maximum Gasteiger partial charge on any atom is 0.416 e. The van der Waals surface area contributed by atoms with Gasteiger partial charge < -0.3 is 4.74 Å². The van der Waals surface area contributed by atoms with Crippen LogP contribution in [0.1, 0.15) is 25.0 Å². The number of nitrogens with two attached hydrogens (primary N) is 1. The maximum absolute atomic E-state index is 12.7. The van der Waals surface area contributed by atoms with E-state index in [1.165, 1.54) is 6.07 Å². The SMILES string of the molecule is COC(C(C)C)C(Cc1cccc(C(F)(F)F)c1)NN. The molecule has 6 heteroatoms. The number of ether oxygens (including phenoxy) is 1. The van der Waals surface area contributed by atoms with Gasteiger partial charge in [-0.2, -0.15) is 13.2 Å². The molecule has 3 N–H and O–H groups in total. The smallest absolute Gasteiger partial charge is 0.380 e. The number of rotatable bonds is 6. The maximum atomic E-state index is 12.7. The second-order valence-corrected chi connectivity index (χ2v) is 5.12. The van der Waals surface area contributed by atoms with E-state index in [0.29, 0.717) is 12.0 Å². The molecule has 0 amide bonds. The van der Waals surface area contributed by atoms with Gasteiger partial charge in [0, 0.05) is 7.11 Å². The van der Waals surface area contributed by atoms with E-state index in [-0.39, 0.29) is 18.1 Å². The first-order valence-corrected chi connectivity index (χ1v) is 6.44. The van der Waals surface area contributed by atoms with Crippen molar-refractivity contribution in [2.45, 2.75) is 38.6 Å². The molecule has 0 aliphatic heterocycles. The van der Waals surface area contributed by atoms with Crippen molar-refractivity contribution in [3.8, 4) is 0 Å². The van der Waals surface area contributed by atoms with E-state index in [0.717, 1.165) is 12.1 Å². The van der Waals surface area contributed by atoms with Crippen LogP contribution in [-0.2, 0) is 17.3 Å². The third-order valence-corrected chi connectivity index (χ3v) is 3.25. The van der Waals surface area contributed by atoms with Gasteiger partial charge in [0.15, 0.2) is 0 Å². The van der Waals surface area contributed by atoms with Gasteiger partial charge in [0.2, 0.25) is 0 Å². The fourth-order valence-corrected chi connectivity index (χ4v) is 2.30. The topological polar surface area (TPSA) is 47.3 Å². The fraction of sp³-hybridized carbons (Fsp3) is 0.571. The number of alkyl halides is 3. The minimum absolute atomic E-state index is 0.172. The molecule has 114 valence electrons. The molecule has 0 heterocycles. The second-order valence-electron chi connectivity index (χ2n) is 5.12. The number of benzene rings is 1. The number of halogens is 3. The number of hydrogen-bond acceptors (Lipinski definition) is 3. The molecule has 0 aliphatic rings. The van der Waals surface area contributed by atoms with Crippen LogP contribution in [0.5, 0.6) is 0 Å². The van der Waals surface area contributed by atoms with Crippen LogP contribution in [0.3, 0.4) is 0 Å². The normalized spacial score (nSPS) is 15.4. The van der Waals surface area contributed by atoms with Crippen LogP contribution >= 0.6 is 0 Å². The van der Waals surface area contributed by atoms with Crippen LogP contribution in [0.15, 0.2) is 24.3 Å². The quantitative estimate of drug-likeness (QED) is 0.625. The van der Waals surface area contributed by atoms with Gasteiger partial charge >= 0.3 is 6.18 Å². The Morgan fingerprint density at radius 1 is 1.30 bits per heavy atom. The second kappa shape index (κ2) is 7.06. The molecule has 3 nitrogen and oxygen atoms in total. The van der Waals surface area contributed by atoms with Crippen molar-refractivity contribution in [1.82, 2.24) is 5.43 Å². The zero-order valence-corrected chi connectivity index (χ0v) is 11.9. The van der Waals surface area contributed by atoms with Gasteiger partial charge in [-0.05, 0) is 24.0 Å². The van der Waals surface area contributed by atoms with Gasteiger partial charge in [0.1, 0.15) is 0 Å². The molecule has 1 aromatic rings. The van der Waals surface area contributed by atoms with Gasteiger partial charge in [0.05, 0.1) is 17.7 Å². The Hall–Kier alpha value is -1.11. The van der Waals surface area contributed by atoms with Gasteiger partial charge in [0.25, 0.3) is 0 Å². The Bertz CT molecular complexity index is 421. The van der Waals surface area contributed by atoms with E-state index in [2.05, 4.69) is 5.43 Å². The number of nitrogens with one attached hydrogen (secondary N) is 1. The summed E-state index contributed by atoms with van der Waals surface area (Å²) in [6.07, 6.45) is -4.13. The van der Waals surface area contributed by atoms with Crippen molar-refractivity contribution >= 4 is 0 Å². The van der Waals surface area contributed by atoms with E-state index >= 15 is 0 Å². The minimum atomic E-state index is -4.33. The van der Waals surface area contributed by atoms with Gasteiger partial charge in [-0.1, -0.05) is 32.0 Å². The summed E-state index contributed by atoms with van der Waals surface area (Å²) in [5.41, 5.74) is 2.56. The largest absolute Gasteiger partial charge is 0.416 e. The Kier molecular flexibility index (Phi) is 5.98. The standard InChI is InChI=1S/C14H21F3N2O/c1-9(2)13(20-3)12(19-18)8-10-5-4-6-11(7-10)14(15,16)17/h4-7,9,12-13,19H,8,18H2,1-3H3. The van der Waals surface area contributed by atoms with Crippen LogP contribution in [0.25, 0.3) is 0 Å².